The van der Waals surface area contributed by atoms with Gasteiger partial charge in [0.15, 0.2) is 0 Å². The van der Waals surface area contributed by atoms with Gasteiger partial charge in [0.2, 0.25) is 0 Å². The Balaban J connectivity index is 2.40. The highest BCUT2D eigenvalue weighted by Crippen LogP contribution is 2.33. The summed E-state index contributed by atoms with van der Waals surface area (Å²) < 4.78 is 17.5. The summed E-state index contributed by atoms with van der Waals surface area (Å²) in [6.07, 6.45) is 0.872. The molecule has 1 rings (SSSR count). The van der Waals surface area contributed by atoms with Gasteiger partial charge in [0.25, 0.3) is 0 Å². The molecule has 0 N–H and O–H groups in total. The van der Waals surface area contributed by atoms with E-state index in [1.165, 1.54) is 0 Å². The van der Waals surface area contributed by atoms with Gasteiger partial charge in [-0.25, -0.2) is 0 Å². The van der Waals surface area contributed by atoms with Crippen molar-refractivity contribution in [3.63, 3.8) is 0 Å². The maximum atomic E-state index is 6.06. The molecule has 3 nitrogen and oxygen atoms in total. The van der Waals surface area contributed by atoms with E-state index >= 15 is 0 Å². The summed E-state index contributed by atoms with van der Waals surface area (Å²) in [7, 11) is 1.67. The summed E-state index contributed by atoms with van der Waals surface area (Å²) >= 11 is 7.14. The van der Waals surface area contributed by atoms with Crippen molar-refractivity contribution in [3.05, 3.63) is 34.3 Å². The molecule has 0 aromatic heterocycles. The summed E-state index contributed by atoms with van der Waals surface area (Å²) in [4.78, 5) is 0. The van der Waals surface area contributed by atoms with E-state index < -0.39 is 0 Å². The Morgan fingerprint density at radius 1 is 1.10 bits per heavy atom. The zero-order chi connectivity index (χ0) is 14.8. The first-order chi connectivity index (χ1) is 9.64. The third-order valence-electron chi connectivity index (χ3n) is 2.98. The zero-order valence-corrected chi connectivity index (χ0v) is 15.2. The second-order valence-corrected chi connectivity index (χ2v) is 6.07. The number of alkyl halides is 1. The van der Waals surface area contributed by atoms with E-state index in [1.807, 2.05) is 18.2 Å². The smallest absolute Gasteiger partial charge is 0.101 e. The minimum absolute atomic E-state index is 0.341. The van der Waals surface area contributed by atoms with Crippen LogP contribution in [0.5, 0.6) is 0 Å². The molecule has 0 bridgehead atoms. The van der Waals surface area contributed by atoms with Gasteiger partial charge >= 0.3 is 0 Å². The first-order valence-electron chi connectivity index (χ1n) is 6.65. The van der Waals surface area contributed by atoms with E-state index in [9.17, 15) is 0 Å². The lowest BCUT2D eigenvalue weighted by Crippen LogP contribution is -2.29. The van der Waals surface area contributed by atoms with Crippen molar-refractivity contribution in [1.29, 1.82) is 0 Å². The fourth-order valence-corrected chi connectivity index (χ4v) is 2.95. The predicted octanol–water partition coefficient (Wildman–Crippen LogP) is 4.13. The molecule has 0 amide bonds. The molecular formula is C15H22Br2O3. The number of rotatable bonds is 10. The van der Waals surface area contributed by atoms with Gasteiger partial charge in [0, 0.05) is 30.1 Å². The molecule has 114 valence electrons. The number of hydrogen-bond acceptors (Lipinski definition) is 3. The Morgan fingerprint density at radius 2 is 1.85 bits per heavy atom. The fourth-order valence-electron chi connectivity index (χ4n) is 1.78. The quantitative estimate of drug-likeness (QED) is 0.429. The van der Waals surface area contributed by atoms with E-state index in [0.717, 1.165) is 21.8 Å². The molecule has 0 spiro atoms. The minimum Gasteiger partial charge on any atom is -0.382 e. The van der Waals surface area contributed by atoms with Crippen LogP contribution in [0.15, 0.2) is 28.7 Å². The summed E-state index contributed by atoms with van der Waals surface area (Å²) in [6.45, 7) is 4.72. The topological polar surface area (TPSA) is 27.7 Å². The van der Waals surface area contributed by atoms with Crippen molar-refractivity contribution in [2.45, 2.75) is 18.9 Å². The van der Waals surface area contributed by atoms with Crippen LogP contribution in [0.1, 0.15) is 18.9 Å². The molecule has 0 aliphatic heterocycles. The van der Waals surface area contributed by atoms with E-state index in [-0.39, 0.29) is 5.60 Å². The Labute approximate surface area is 138 Å². The van der Waals surface area contributed by atoms with Gasteiger partial charge in [-0.2, -0.15) is 0 Å². The standard InChI is InChI=1S/C15H22Br2O3/c1-15(12-16,13-6-3-4-7-14(13)17)20-9-5-8-19-11-10-18-2/h3-4,6-7H,5,8-12H2,1-2H3. The van der Waals surface area contributed by atoms with E-state index in [2.05, 4.69) is 44.8 Å². The SMILES string of the molecule is COCCOCCCOC(C)(CBr)c1ccccc1Br. The predicted molar refractivity (Wildman–Crippen MR) is 88.6 cm³/mol. The molecule has 1 aromatic carbocycles. The Hall–Kier alpha value is 0.0600. The molecular weight excluding hydrogens is 388 g/mol. The molecule has 0 fully saturated rings. The van der Waals surface area contributed by atoms with Gasteiger partial charge in [0.1, 0.15) is 5.60 Å². The molecule has 20 heavy (non-hydrogen) atoms. The Bertz CT molecular complexity index is 387. The number of benzene rings is 1. The Morgan fingerprint density at radius 3 is 2.50 bits per heavy atom. The molecule has 1 unspecified atom stereocenters. The van der Waals surface area contributed by atoms with E-state index in [1.54, 1.807) is 7.11 Å². The highest BCUT2D eigenvalue weighted by molar-refractivity contribution is 9.10. The Kier molecular flexibility index (Phi) is 8.96. The van der Waals surface area contributed by atoms with Crippen molar-refractivity contribution in [2.75, 3.05) is 38.9 Å². The van der Waals surface area contributed by atoms with Crippen molar-refractivity contribution < 1.29 is 14.2 Å². The molecule has 5 heteroatoms. The normalized spacial score (nSPS) is 14.2. The third kappa shape index (κ3) is 5.82. The largest absolute Gasteiger partial charge is 0.382 e. The molecule has 0 saturated heterocycles. The minimum atomic E-state index is -0.341. The maximum Gasteiger partial charge on any atom is 0.101 e. The van der Waals surface area contributed by atoms with Crippen LogP contribution in [0.25, 0.3) is 0 Å². The summed E-state index contributed by atoms with van der Waals surface area (Å²) in [5, 5.41) is 0.743. The lowest BCUT2D eigenvalue weighted by Gasteiger charge is -2.29. The molecule has 1 atom stereocenters. The van der Waals surface area contributed by atoms with Crippen LogP contribution in [0.4, 0.5) is 0 Å². The summed E-state index contributed by atoms with van der Waals surface area (Å²) in [6, 6.07) is 8.15. The second-order valence-electron chi connectivity index (χ2n) is 4.65. The lowest BCUT2D eigenvalue weighted by atomic mass is 9.98. The molecule has 1 aromatic rings. The first kappa shape index (κ1) is 18.1. The average Bonchev–Trinajstić information content (AvgIpc) is 2.46. The van der Waals surface area contributed by atoms with Crippen LogP contribution in [-0.2, 0) is 19.8 Å². The van der Waals surface area contributed by atoms with Gasteiger partial charge in [-0.1, -0.05) is 50.1 Å². The fraction of sp³-hybridized carbons (Fsp3) is 0.600. The van der Waals surface area contributed by atoms with E-state index in [4.69, 9.17) is 14.2 Å². The second kappa shape index (κ2) is 9.90. The lowest BCUT2D eigenvalue weighted by molar-refractivity contribution is -0.0291. The van der Waals surface area contributed by atoms with Gasteiger partial charge in [-0.3, -0.25) is 0 Å². The van der Waals surface area contributed by atoms with Gasteiger partial charge in [-0.15, -0.1) is 0 Å². The van der Waals surface area contributed by atoms with Crippen LogP contribution >= 0.6 is 31.9 Å². The molecule has 0 heterocycles. The molecule has 0 aliphatic rings. The van der Waals surface area contributed by atoms with Gasteiger partial charge < -0.3 is 14.2 Å². The number of halogens is 2. The van der Waals surface area contributed by atoms with Crippen LogP contribution in [-0.4, -0.2) is 38.9 Å². The summed E-state index contributed by atoms with van der Waals surface area (Å²) in [5.41, 5.74) is 0.810. The monoisotopic (exact) mass is 408 g/mol. The van der Waals surface area contributed by atoms with Gasteiger partial charge in [0.05, 0.1) is 13.2 Å². The highest BCUT2D eigenvalue weighted by Gasteiger charge is 2.28. The van der Waals surface area contributed by atoms with Crippen LogP contribution in [0.2, 0.25) is 0 Å². The number of ether oxygens (including phenoxy) is 3. The maximum absolute atomic E-state index is 6.06. The number of methoxy groups -OCH3 is 1. The van der Waals surface area contributed by atoms with E-state index in [0.29, 0.717) is 26.4 Å². The van der Waals surface area contributed by atoms with Crippen molar-refractivity contribution in [3.8, 4) is 0 Å². The van der Waals surface area contributed by atoms with Crippen molar-refractivity contribution in [1.82, 2.24) is 0 Å². The zero-order valence-electron chi connectivity index (χ0n) is 12.0. The molecule has 0 saturated carbocycles. The van der Waals surface area contributed by atoms with Gasteiger partial charge in [-0.05, 0) is 25.0 Å². The van der Waals surface area contributed by atoms with Crippen LogP contribution < -0.4 is 0 Å². The van der Waals surface area contributed by atoms with Crippen LogP contribution in [0, 0.1) is 0 Å². The average molecular weight is 410 g/mol. The van der Waals surface area contributed by atoms with Crippen LogP contribution in [0.3, 0.4) is 0 Å². The first-order valence-corrected chi connectivity index (χ1v) is 8.57. The van der Waals surface area contributed by atoms with Crippen molar-refractivity contribution in [2.24, 2.45) is 0 Å². The third-order valence-corrected chi connectivity index (χ3v) is 4.75. The van der Waals surface area contributed by atoms with Crippen molar-refractivity contribution >= 4 is 31.9 Å². The summed E-state index contributed by atoms with van der Waals surface area (Å²) in [5.74, 6) is 0. The molecule has 0 aliphatic carbocycles. The molecule has 0 radical (unpaired) electrons. The number of hydrogen-bond donors (Lipinski definition) is 0. The highest BCUT2D eigenvalue weighted by atomic mass is 79.9.